The molecule has 0 bridgehead atoms. The van der Waals surface area contributed by atoms with Gasteiger partial charge in [-0.1, -0.05) is 13.8 Å². The van der Waals surface area contributed by atoms with Crippen molar-refractivity contribution in [3.63, 3.8) is 0 Å². The van der Waals surface area contributed by atoms with E-state index in [4.69, 9.17) is 15.2 Å². The van der Waals surface area contributed by atoms with Gasteiger partial charge >= 0.3 is 11.9 Å². The predicted octanol–water partition coefficient (Wildman–Crippen LogP) is 3.27. The van der Waals surface area contributed by atoms with Gasteiger partial charge in [-0.2, -0.15) is 0 Å². The Morgan fingerprint density at radius 1 is 1.19 bits per heavy atom. The molecule has 2 N–H and O–H groups in total. The summed E-state index contributed by atoms with van der Waals surface area (Å²) in [7, 11) is 0. The van der Waals surface area contributed by atoms with Gasteiger partial charge < -0.3 is 15.2 Å². The molecule has 21 heavy (non-hydrogen) atoms. The van der Waals surface area contributed by atoms with Crippen LogP contribution in [0.4, 0.5) is 5.00 Å². The van der Waals surface area contributed by atoms with E-state index >= 15 is 0 Å². The molecule has 1 heterocycles. The number of anilines is 1. The molecule has 0 radical (unpaired) electrons. The Hall–Kier alpha value is -1.56. The fourth-order valence-electron chi connectivity index (χ4n) is 1.95. The van der Waals surface area contributed by atoms with Gasteiger partial charge in [0.15, 0.2) is 0 Å². The molecule has 1 aromatic heterocycles. The van der Waals surface area contributed by atoms with Crippen molar-refractivity contribution in [1.29, 1.82) is 0 Å². The fraction of sp³-hybridized carbons (Fsp3) is 0.600. The molecule has 0 fully saturated rings. The number of esters is 2. The van der Waals surface area contributed by atoms with Crippen molar-refractivity contribution in [3.05, 3.63) is 16.0 Å². The van der Waals surface area contributed by atoms with E-state index in [0.29, 0.717) is 27.4 Å². The number of rotatable bonds is 6. The van der Waals surface area contributed by atoms with E-state index in [1.807, 2.05) is 13.8 Å². The van der Waals surface area contributed by atoms with Gasteiger partial charge in [-0.3, -0.25) is 0 Å². The molecule has 6 heteroatoms. The maximum Gasteiger partial charge on any atom is 0.348 e. The largest absolute Gasteiger partial charge is 0.462 e. The SMILES string of the molecule is CCOC(=O)c1sc(N)c(C(=O)OC(C)C)c1CC(C)C. The first kappa shape index (κ1) is 17.5. The van der Waals surface area contributed by atoms with Gasteiger partial charge in [-0.05, 0) is 38.7 Å². The summed E-state index contributed by atoms with van der Waals surface area (Å²) in [5, 5.41) is 0.305. The number of carbonyl (C=O) groups is 2. The maximum absolute atomic E-state index is 12.2. The van der Waals surface area contributed by atoms with E-state index in [1.54, 1.807) is 20.8 Å². The molecule has 1 aromatic rings. The highest BCUT2D eigenvalue weighted by molar-refractivity contribution is 7.18. The smallest absolute Gasteiger partial charge is 0.348 e. The van der Waals surface area contributed by atoms with Gasteiger partial charge in [-0.25, -0.2) is 9.59 Å². The first-order valence-corrected chi connectivity index (χ1v) is 7.88. The van der Waals surface area contributed by atoms with Crippen LogP contribution in [0.15, 0.2) is 0 Å². The summed E-state index contributed by atoms with van der Waals surface area (Å²) in [6.45, 7) is 9.60. The van der Waals surface area contributed by atoms with Crippen LogP contribution in [0.1, 0.15) is 60.2 Å². The summed E-state index contributed by atoms with van der Waals surface area (Å²) in [4.78, 5) is 24.7. The zero-order valence-corrected chi connectivity index (χ0v) is 14.0. The number of ether oxygens (including phenoxy) is 2. The lowest BCUT2D eigenvalue weighted by Crippen LogP contribution is -2.16. The summed E-state index contributed by atoms with van der Waals surface area (Å²) in [6, 6.07) is 0. The average molecular weight is 313 g/mol. The van der Waals surface area contributed by atoms with E-state index < -0.39 is 11.9 Å². The number of hydrogen-bond acceptors (Lipinski definition) is 6. The molecule has 0 saturated carbocycles. The van der Waals surface area contributed by atoms with E-state index in [1.165, 1.54) is 0 Å². The predicted molar refractivity (Wildman–Crippen MR) is 83.8 cm³/mol. The van der Waals surface area contributed by atoms with Crippen molar-refractivity contribution >= 4 is 28.3 Å². The molecule has 0 unspecified atom stereocenters. The molecular weight excluding hydrogens is 290 g/mol. The van der Waals surface area contributed by atoms with Gasteiger partial charge in [-0.15, -0.1) is 11.3 Å². The van der Waals surface area contributed by atoms with Crippen LogP contribution in [-0.4, -0.2) is 24.6 Å². The second-order valence-corrected chi connectivity index (χ2v) is 6.47. The highest BCUT2D eigenvalue weighted by Gasteiger charge is 2.28. The number of thiophene rings is 1. The zero-order valence-electron chi connectivity index (χ0n) is 13.2. The fourth-order valence-corrected chi connectivity index (χ4v) is 2.93. The maximum atomic E-state index is 12.2. The molecular formula is C15H23NO4S. The Morgan fingerprint density at radius 3 is 2.29 bits per heavy atom. The van der Waals surface area contributed by atoms with Crippen LogP contribution < -0.4 is 5.73 Å². The Labute approximate surface area is 129 Å². The van der Waals surface area contributed by atoms with Crippen molar-refractivity contribution < 1.29 is 19.1 Å². The van der Waals surface area contributed by atoms with Crippen LogP contribution in [0.5, 0.6) is 0 Å². The summed E-state index contributed by atoms with van der Waals surface area (Å²) >= 11 is 1.09. The van der Waals surface area contributed by atoms with Crippen LogP contribution >= 0.6 is 11.3 Å². The minimum absolute atomic E-state index is 0.241. The third-order valence-corrected chi connectivity index (χ3v) is 3.70. The molecule has 1 rings (SSSR count). The highest BCUT2D eigenvalue weighted by atomic mass is 32.1. The minimum Gasteiger partial charge on any atom is -0.462 e. The van der Waals surface area contributed by atoms with Crippen molar-refractivity contribution in [2.45, 2.75) is 47.1 Å². The van der Waals surface area contributed by atoms with Gasteiger partial charge in [0, 0.05) is 0 Å². The molecule has 118 valence electrons. The summed E-state index contributed by atoms with van der Waals surface area (Å²) in [5.74, 6) is -0.642. The van der Waals surface area contributed by atoms with E-state index in [0.717, 1.165) is 11.3 Å². The average Bonchev–Trinajstić information content (AvgIpc) is 2.64. The second-order valence-electron chi connectivity index (χ2n) is 5.42. The number of hydrogen-bond donors (Lipinski definition) is 1. The molecule has 5 nitrogen and oxygen atoms in total. The lowest BCUT2D eigenvalue weighted by atomic mass is 9.99. The number of nitrogen functional groups attached to an aromatic ring is 1. The third kappa shape index (κ3) is 4.46. The molecule has 0 aromatic carbocycles. The Balaban J connectivity index is 3.28. The van der Waals surface area contributed by atoms with Crippen molar-refractivity contribution in [1.82, 2.24) is 0 Å². The van der Waals surface area contributed by atoms with Crippen LogP contribution in [0.3, 0.4) is 0 Å². The molecule has 0 atom stereocenters. The monoisotopic (exact) mass is 313 g/mol. The zero-order chi connectivity index (χ0) is 16.2. The summed E-state index contributed by atoms with van der Waals surface area (Å²) < 4.78 is 10.3. The van der Waals surface area contributed by atoms with Crippen LogP contribution in [-0.2, 0) is 15.9 Å². The molecule has 0 spiro atoms. The van der Waals surface area contributed by atoms with Crippen molar-refractivity contribution in [2.75, 3.05) is 12.3 Å². The van der Waals surface area contributed by atoms with Crippen LogP contribution in [0, 0.1) is 5.92 Å². The van der Waals surface area contributed by atoms with E-state index in [2.05, 4.69) is 0 Å². The summed E-state index contributed by atoms with van der Waals surface area (Å²) in [5.41, 5.74) is 6.88. The van der Waals surface area contributed by atoms with Gasteiger partial charge in [0.25, 0.3) is 0 Å². The Morgan fingerprint density at radius 2 is 1.81 bits per heavy atom. The van der Waals surface area contributed by atoms with Crippen molar-refractivity contribution in [3.8, 4) is 0 Å². The molecule has 0 amide bonds. The van der Waals surface area contributed by atoms with E-state index in [9.17, 15) is 9.59 Å². The quantitative estimate of drug-likeness (QED) is 0.815. The number of nitrogens with two attached hydrogens (primary N) is 1. The van der Waals surface area contributed by atoms with Crippen molar-refractivity contribution in [2.24, 2.45) is 5.92 Å². The second kappa shape index (κ2) is 7.45. The first-order valence-electron chi connectivity index (χ1n) is 7.07. The van der Waals surface area contributed by atoms with Gasteiger partial charge in [0.05, 0.1) is 18.3 Å². The lowest BCUT2D eigenvalue weighted by molar-refractivity contribution is 0.0378. The molecule has 0 saturated heterocycles. The van der Waals surface area contributed by atoms with Crippen LogP contribution in [0.25, 0.3) is 0 Å². The highest BCUT2D eigenvalue weighted by Crippen LogP contribution is 2.34. The van der Waals surface area contributed by atoms with Gasteiger partial charge in [0.2, 0.25) is 0 Å². The van der Waals surface area contributed by atoms with Gasteiger partial charge in [0.1, 0.15) is 9.88 Å². The summed E-state index contributed by atoms with van der Waals surface area (Å²) in [6.07, 6.45) is 0.333. The minimum atomic E-state index is -0.482. The van der Waals surface area contributed by atoms with Crippen LogP contribution in [0.2, 0.25) is 0 Å². The van der Waals surface area contributed by atoms with E-state index in [-0.39, 0.29) is 18.6 Å². The Kier molecular flexibility index (Phi) is 6.20. The standard InChI is InChI=1S/C15H23NO4S/c1-6-19-15(18)12-10(7-8(2)3)11(13(16)21-12)14(17)20-9(4)5/h8-9H,6-7,16H2,1-5H3. The normalized spacial score (nSPS) is 11.0. The molecule has 0 aliphatic heterocycles. The molecule has 0 aliphatic carbocycles. The number of carbonyl (C=O) groups excluding carboxylic acids is 2. The lowest BCUT2D eigenvalue weighted by Gasteiger charge is -2.11. The first-order chi connectivity index (χ1) is 9.77. The Bertz CT molecular complexity index is 520. The molecule has 0 aliphatic rings. The topological polar surface area (TPSA) is 78.6 Å². The third-order valence-electron chi connectivity index (χ3n) is 2.65.